The van der Waals surface area contributed by atoms with Crippen LogP contribution in [0.5, 0.6) is 0 Å². The third kappa shape index (κ3) is 6.55. The van der Waals surface area contributed by atoms with E-state index in [0.717, 1.165) is 11.1 Å². The Morgan fingerprint density at radius 1 is 0.932 bits per heavy atom. The normalized spacial score (nSPS) is 14.6. The number of esters is 1. The van der Waals surface area contributed by atoms with Crippen LogP contribution in [0.2, 0.25) is 5.02 Å². The van der Waals surface area contributed by atoms with E-state index in [4.69, 9.17) is 20.8 Å². The zero-order valence-electron chi connectivity index (χ0n) is 24.5. The van der Waals surface area contributed by atoms with E-state index in [-0.39, 0.29) is 41.5 Å². The lowest BCUT2D eigenvalue weighted by atomic mass is 10.1. The van der Waals surface area contributed by atoms with Crippen molar-refractivity contribution in [3.63, 3.8) is 0 Å². The van der Waals surface area contributed by atoms with E-state index in [9.17, 15) is 18.0 Å². The van der Waals surface area contributed by atoms with Crippen molar-refractivity contribution in [3.8, 4) is 0 Å². The number of carbonyl (C=O) groups is 2. The van der Waals surface area contributed by atoms with Crippen molar-refractivity contribution in [2.24, 2.45) is 0 Å². The SMILES string of the molecule is CCOC(=O)C1=C(C)N(c2ccc(Cl)cc2)C(=O)/C1=C/c1ccc(CN(Cc2ccccc2)S(=O)(=O)c2ccc(C)cc2)o1. The number of sulfonamides is 1. The Balaban J connectivity index is 1.48. The van der Waals surface area contributed by atoms with Gasteiger partial charge in [-0.25, -0.2) is 13.2 Å². The molecule has 0 atom stereocenters. The van der Waals surface area contributed by atoms with Crippen molar-refractivity contribution in [2.45, 2.75) is 38.8 Å². The predicted molar refractivity (Wildman–Crippen MR) is 169 cm³/mol. The molecule has 0 saturated heterocycles. The molecule has 8 nitrogen and oxygen atoms in total. The molecule has 2 heterocycles. The smallest absolute Gasteiger partial charge is 0.340 e. The summed E-state index contributed by atoms with van der Waals surface area (Å²) in [7, 11) is -3.89. The summed E-state index contributed by atoms with van der Waals surface area (Å²) in [5.74, 6) is -0.422. The average Bonchev–Trinajstić information content (AvgIpc) is 3.55. The number of carbonyl (C=O) groups excluding carboxylic acids is 2. The Morgan fingerprint density at radius 2 is 1.61 bits per heavy atom. The first-order valence-electron chi connectivity index (χ1n) is 14.0. The van der Waals surface area contributed by atoms with Crippen LogP contribution in [0.25, 0.3) is 6.08 Å². The summed E-state index contributed by atoms with van der Waals surface area (Å²) in [5, 5.41) is 0.511. The summed E-state index contributed by atoms with van der Waals surface area (Å²) in [6.07, 6.45) is 1.48. The number of hydrogen-bond donors (Lipinski definition) is 0. The van der Waals surface area contributed by atoms with E-state index in [0.29, 0.717) is 22.2 Å². The minimum atomic E-state index is -3.89. The monoisotopic (exact) mass is 630 g/mol. The number of aryl methyl sites for hydroxylation is 1. The molecule has 3 aromatic carbocycles. The van der Waals surface area contributed by atoms with Gasteiger partial charge in [0.25, 0.3) is 5.91 Å². The van der Waals surface area contributed by atoms with Gasteiger partial charge >= 0.3 is 5.97 Å². The van der Waals surface area contributed by atoms with Crippen LogP contribution in [-0.4, -0.2) is 31.2 Å². The second-order valence-corrected chi connectivity index (χ2v) is 12.6. The molecule has 5 rings (SSSR count). The van der Waals surface area contributed by atoms with Gasteiger partial charge in [-0.15, -0.1) is 0 Å². The largest absolute Gasteiger partial charge is 0.462 e. The van der Waals surface area contributed by atoms with Gasteiger partial charge in [0.1, 0.15) is 11.5 Å². The number of amides is 1. The maximum atomic E-state index is 13.7. The number of allylic oxidation sites excluding steroid dienone is 1. The van der Waals surface area contributed by atoms with Crippen LogP contribution in [0.15, 0.2) is 117 Å². The van der Waals surface area contributed by atoms with Gasteiger partial charge in [-0.1, -0.05) is 59.6 Å². The Bertz CT molecular complexity index is 1840. The molecule has 1 aromatic heterocycles. The van der Waals surface area contributed by atoms with E-state index < -0.39 is 21.9 Å². The van der Waals surface area contributed by atoms with Gasteiger partial charge in [-0.05, 0) is 80.9 Å². The van der Waals surface area contributed by atoms with Gasteiger partial charge in [-0.2, -0.15) is 4.31 Å². The van der Waals surface area contributed by atoms with Crippen molar-refractivity contribution in [1.82, 2.24) is 4.31 Å². The van der Waals surface area contributed by atoms with Crippen LogP contribution in [0.1, 0.15) is 36.5 Å². The van der Waals surface area contributed by atoms with E-state index >= 15 is 0 Å². The lowest BCUT2D eigenvalue weighted by molar-refractivity contribution is -0.138. The Morgan fingerprint density at radius 3 is 2.27 bits per heavy atom. The molecule has 10 heteroatoms. The van der Waals surface area contributed by atoms with Crippen molar-refractivity contribution in [2.75, 3.05) is 11.5 Å². The molecule has 0 unspecified atom stereocenters. The van der Waals surface area contributed by atoms with E-state index in [1.165, 1.54) is 15.3 Å². The van der Waals surface area contributed by atoms with Gasteiger partial charge in [-0.3, -0.25) is 9.69 Å². The van der Waals surface area contributed by atoms with Crippen molar-refractivity contribution >= 4 is 45.3 Å². The number of ether oxygens (including phenoxy) is 1. The molecule has 4 aromatic rings. The van der Waals surface area contributed by atoms with Crippen molar-refractivity contribution in [3.05, 3.63) is 136 Å². The van der Waals surface area contributed by atoms with E-state index in [1.54, 1.807) is 74.5 Å². The second-order valence-electron chi connectivity index (χ2n) is 10.2. The van der Waals surface area contributed by atoms with Crippen LogP contribution < -0.4 is 4.90 Å². The zero-order chi connectivity index (χ0) is 31.4. The molecule has 1 aliphatic heterocycles. The molecule has 0 aliphatic carbocycles. The first-order chi connectivity index (χ1) is 21.1. The Labute approximate surface area is 261 Å². The number of hydrogen-bond acceptors (Lipinski definition) is 6. The molecule has 44 heavy (non-hydrogen) atoms. The predicted octanol–water partition coefficient (Wildman–Crippen LogP) is 6.90. The molecule has 0 fully saturated rings. The van der Waals surface area contributed by atoms with Gasteiger partial charge in [0, 0.05) is 23.0 Å². The molecule has 0 saturated carbocycles. The summed E-state index contributed by atoms with van der Waals surface area (Å²) in [6.45, 7) is 5.46. The molecular formula is C34H31ClN2O6S. The van der Waals surface area contributed by atoms with Crippen molar-refractivity contribution < 1.29 is 27.2 Å². The molecule has 1 aliphatic rings. The third-order valence-corrected chi connectivity index (χ3v) is 9.18. The summed E-state index contributed by atoms with van der Waals surface area (Å²) in [6, 6.07) is 26.0. The number of nitrogens with zero attached hydrogens (tertiary/aromatic N) is 2. The summed E-state index contributed by atoms with van der Waals surface area (Å²) < 4.78 is 40.2. The number of rotatable bonds is 10. The summed E-state index contributed by atoms with van der Waals surface area (Å²) in [5.41, 5.74) is 2.94. The highest BCUT2D eigenvalue weighted by Gasteiger charge is 2.38. The summed E-state index contributed by atoms with van der Waals surface area (Å²) >= 11 is 6.05. The van der Waals surface area contributed by atoms with Gasteiger partial charge in [0.15, 0.2) is 0 Å². The zero-order valence-corrected chi connectivity index (χ0v) is 26.1. The minimum absolute atomic E-state index is 0.0568. The van der Waals surface area contributed by atoms with Gasteiger partial charge in [0.2, 0.25) is 10.0 Å². The first-order valence-corrected chi connectivity index (χ1v) is 15.8. The lowest BCUT2D eigenvalue weighted by Gasteiger charge is -2.21. The molecule has 0 bridgehead atoms. The number of halogens is 1. The Hall–Kier alpha value is -4.44. The molecule has 0 N–H and O–H groups in total. The molecular weight excluding hydrogens is 600 g/mol. The van der Waals surface area contributed by atoms with Crippen LogP contribution in [0.4, 0.5) is 5.69 Å². The molecule has 226 valence electrons. The highest BCUT2D eigenvalue weighted by Crippen LogP contribution is 2.36. The second kappa shape index (κ2) is 13.1. The van der Waals surface area contributed by atoms with Crippen LogP contribution in [0.3, 0.4) is 0 Å². The van der Waals surface area contributed by atoms with Gasteiger partial charge < -0.3 is 9.15 Å². The lowest BCUT2D eigenvalue weighted by Crippen LogP contribution is -2.30. The molecule has 0 radical (unpaired) electrons. The number of anilines is 1. The fourth-order valence-corrected chi connectivity index (χ4v) is 6.45. The highest BCUT2D eigenvalue weighted by atomic mass is 35.5. The van der Waals surface area contributed by atoms with E-state index in [2.05, 4.69) is 0 Å². The Kier molecular flexibility index (Phi) is 9.20. The van der Waals surface area contributed by atoms with E-state index in [1.807, 2.05) is 37.3 Å². The maximum absolute atomic E-state index is 13.7. The fourth-order valence-electron chi connectivity index (χ4n) is 4.93. The third-order valence-electron chi connectivity index (χ3n) is 7.13. The first kappa shape index (κ1) is 31.0. The molecule has 1 amide bonds. The minimum Gasteiger partial charge on any atom is -0.462 e. The topological polar surface area (TPSA) is 97.1 Å². The summed E-state index contributed by atoms with van der Waals surface area (Å²) in [4.78, 5) is 28.3. The standard InChI is InChI=1S/C34H31ClN2O6S/c1-4-42-34(39)32-24(3)37(27-14-12-26(35)13-15-27)33(38)31(32)20-28-16-17-29(43-28)22-36(21-25-8-6-5-7-9-25)44(40,41)30-18-10-23(2)11-19-30/h5-20H,4,21-22H2,1-3H3/b31-20+. The number of benzene rings is 3. The quantitative estimate of drug-likeness (QED) is 0.140. The number of furan rings is 1. The van der Waals surface area contributed by atoms with Gasteiger partial charge in [0.05, 0.1) is 29.2 Å². The van der Waals surface area contributed by atoms with Crippen molar-refractivity contribution in [1.29, 1.82) is 0 Å². The van der Waals surface area contributed by atoms with Crippen LogP contribution >= 0.6 is 11.6 Å². The fraction of sp³-hybridized carbons (Fsp3) is 0.176. The maximum Gasteiger partial charge on any atom is 0.340 e. The van der Waals surface area contributed by atoms with Crippen LogP contribution in [-0.2, 0) is 37.4 Å². The average molecular weight is 631 g/mol. The molecule has 0 spiro atoms. The van der Waals surface area contributed by atoms with Crippen LogP contribution in [0, 0.1) is 6.92 Å². The highest BCUT2D eigenvalue weighted by molar-refractivity contribution is 7.89.